The number of ether oxygens (including phenoxy) is 1. The number of anilines is 3. The van der Waals surface area contributed by atoms with E-state index in [0.29, 0.717) is 53.8 Å². The van der Waals surface area contributed by atoms with E-state index in [2.05, 4.69) is 62.4 Å². The molecule has 390 valence electrons. The zero-order valence-corrected chi connectivity index (χ0v) is 43.5. The summed E-state index contributed by atoms with van der Waals surface area (Å²) in [5.41, 5.74) is 15.2. The summed E-state index contributed by atoms with van der Waals surface area (Å²) in [5.74, 6) is 0.365. The van der Waals surface area contributed by atoms with E-state index >= 15 is 0 Å². The number of aromatic nitrogens is 5. The number of fused-ring (bicyclic) bond motifs is 2. The Morgan fingerprint density at radius 1 is 0.919 bits per heavy atom. The molecule has 4 fully saturated rings. The highest BCUT2D eigenvalue weighted by atomic mass is 32.1. The monoisotopic (exact) mass is 1020 g/mol. The van der Waals surface area contributed by atoms with Crippen molar-refractivity contribution in [3.8, 4) is 33.3 Å². The van der Waals surface area contributed by atoms with Crippen LogP contribution in [0.3, 0.4) is 0 Å². The molecule has 4 aromatic heterocycles. The molecule has 2 bridgehead atoms. The zero-order valence-electron chi connectivity index (χ0n) is 42.7. The summed E-state index contributed by atoms with van der Waals surface area (Å²) in [7, 11) is 0. The number of aliphatic hydroxyl groups is 1. The second kappa shape index (κ2) is 22.4. The molecule has 74 heavy (non-hydrogen) atoms. The maximum absolute atomic E-state index is 14.3. The van der Waals surface area contributed by atoms with Gasteiger partial charge in [0, 0.05) is 100 Å². The van der Waals surface area contributed by atoms with Crippen molar-refractivity contribution in [1.82, 2.24) is 45.3 Å². The lowest BCUT2D eigenvalue weighted by atomic mass is 9.91. The number of amides is 2. The van der Waals surface area contributed by atoms with Crippen LogP contribution in [0.4, 0.5) is 17.2 Å². The molecule has 6 atom stereocenters. The van der Waals surface area contributed by atoms with Gasteiger partial charge in [0.15, 0.2) is 5.82 Å². The van der Waals surface area contributed by atoms with E-state index in [4.69, 9.17) is 15.0 Å². The number of pyridine rings is 1. The van der Waals surface area contributed by atoms with E-state index in [1.54, 1.807) is 23.5 Å². The average Bonchev–Trinajstić information content (AvgIpc) is 4.20. The number of hydrogen-bond donors (Lipinski definition) is 4. The number of aromatic hydroxyl groups is 1. The molecule has 4 aliphatic rings. The van der Waals surface area contributed by atoms with Crippen LogP contribution in [0.25, 0.3) is 21.7 Å². The Morgan fingerprint density at radius 3 is 2.38 bits per heavy atom. The third-order valence-electron chi connectivity index (χ3n) is 15.3. The van der Waals surface area contributed by atoms with Crippen LogP contribution in [0.15, 0.2) is 89.0 Å². The standard InChI is InChI=1S/C55H68N12O6S/c1-34(2)51(55(71)66-32-43(68)28-47(66)54(70)59-35(3)37-11-13-38(14-12-37)52-36(4)58-33-74-52)49-26-39(62-73-49)8-7-19-63-20-22-64(23-21-63)24-25-72-50-27-40(17-18-57-50)67-41-15-16-42(67)31-65(30-41)46-29-45(60-61-53(46)56)44-9-5-6-10-48(44)69/h5-6,9-14,17-18,26-27,29,33-35,41-43,47,51,68-69H,7-8,15-16,19-25,28,30-32H2,1-4H3,(H2,56,61)(H,59,70)/t35-,41?,42?,43+,47?,51+/m0/s1. The number of aliphatic hydroxyl groups excluding tert-OH is 1. The average molecular weight is 1030 g/mol. The van der Waals surface area contributed by atoms with Crippen LogP contribution in [-0.4, -0.2) is 152 Å². The number of benzene rings is 2. The second-order valence-electron chi connectivity index (χ2n) is 20.7. The van der Waals surface area contributed by atoms with Gasteiger partial charge in [-0.2, -0.15) is 0 Å². The van der Waals surface area contributed by atoms with Gasteiger partial charge in [-0.3, -0.25) is 14.5 Å². The molecule has 3 unspecified atom stereocenters. The molecule has 5 N–H and O–H groups in total. The zero-order chi connectivity index (χ0) is 51.5. The van der Waals surface area contributed by atoms with E-state index in [1.165, 1.54) is 4.90 Å². The van der Waals surface area contributed by atoms with Crippen molar-refractivity contribution in [3.05, 3.63) is 107 Å². The summed E-state index contributed by atoms with van der Waals surface area (Å²) < 4.78 is 12.1. The molecule has 8 heterocycles. The summed E-state index contributed by atoms with van der Waals surface area (Å²) in [6.45, 7) is 15.6. The Hall–Kier alpha value is -6.67. The molecule has 4 saturated heterocycles. The molecule has 0 aliphatic carbocycles. The molecular formula is C55H68N12O6S. The number of carbonyl (C=O) groups is 2. The molecule has 19 heteroatoms. The van der Waals surface area contributed by atoms with Crippen molar-refractivity contribution in [3.63, 3.8) is 0 Å². The van der Waals surface area contributed by atoms with Gasteiger partial charge in [0.25, 0.3) is 0 Å². The van der Waals surface area contributed by atoms with Gasteiger partial charge in [0.1, 0.15) is 30.1 Å². The van der Waals surface area contributed by atoms with Crippen LogP contribution in [0, 0.1) is 12.8 Å². The highest BCUT2D eigenvalue weighted by molar-refractivity contribution is 7.13. The van der Waals surface area contributed by atoms with Gasteiger partial charge in [0.05, 0.1) is 45.3 Å². The highest BCUT2D eigenvalue weighted by Gasteiger charge is 2.44. The normalized spacial score (nSPS) is 21.1. The number of β-amino-alcohol motifs (C(OH)–C–C–N with tert-alkyl or cyclic N) is 1. The molecule has 6 aromatic rings. The van der Waals surface area contributed by atoms with Crippen molar-refractivity contribution < 1.29 is 29.1 Å². The molecule has 2 amide bonds. The first kappa shape index (κ1) is 50.8. The van der Waals surface area contributed by atoms with E-state index in [-0.39, 0.29) is 42.5 Å². The fourth-order valence-electron chi connectivity index (χ4n) is 11.3. The number of piperazine rings is 2. The van der Waals surface area contributed by atoms with Gasteiger partial charge in [-0.1, -0.05) is 55.4 Å². The van der Waals surface area contributed by atoms with Crippen LogP contribution in [-0.2, 0) is 16.0 Å². The molecule has 0 spiro atoms. The number of aryl methyl sites for hydroxylation is 2. The summed E-state index contributed by atoms with van der Waals surface area (Å²) >= 11 is 1.60. The van der Waals surface area contributed by atoms with E-state index in [9.17, 15) is 19.8 Å². The minimum Gasteiger partial charge on any atom is -0.507 e. The van der Waals surface area contributed by atoms with Gasteiger partial charge in [-0.15, -0.1) is 21.5 Å². The molecule has 0 saturated carbocycles. The molecule has 10 rings (SSSR count). The van der Waals surface area contributed by atoms with Crippen LogP contribution in [0.2, 0.25) is 0 Å². The minimum atomic E-state index is -0.802. The quantitative estimate of drug-likeness (QED) is 0.0742. The van der Waals surface area contributed by atoms with Crippen LogP contribution < -0.4 is 25.6 Å². The number of thiazole rings is 1. The number of rotatable bonds is 18. The maximum atomic E-state index is 14.3. The molecule has 2 aromatic carbocycles. The summed E-state index contributed by atoms with van der Waals surface area (Å²) in [6, 6.07) is 22.7. The first-order chi connectivity index (χ1) is 35.9. The van der Waals surface area contributed by atoms with E-state index in [0.717, 1.165) is 110 Å². The molecular weight excluding hydrogens is 957 g/mol. The van der Waals surface area contributed by atoms with Crippen LogP contribution in [0.5, 0.6) is 11.6 Å². The van der Waals surface area contributed by atoms with Crippen molar-refractivity contribution in [2.45, 2.75) is 96.0 Å². The third kappa shape index (κ3) is 11.2. The maximum Gasteiger partial charge on any atom is 0.243 e. The number of para-hydroxylation sites is 1. The topological polar surface area (TPSA) is 216 Å². The minimum absolute atomic E-state index is 0.0831. The number of carbonyl (C=O) groups excluding carboxylic acids is 2. The largest absolute Gasteiger partial charge is 0.507 e. The molecule has 4 aliphatic heterocycles. The van der Waals surface area contributed by atoms with Gasteiger partial charge in [0.2, 0.25) is 17.7 Å². The van der Waals surface area contributed by atoms with Crippen molar-refractivity contribution >= 4 is 40.3 Å². The fourth-order valence-corrected chi connectivity index (χ4v) is 12.1. The fraction of sp³-hybridized carbons (Fsp3) is 0.473. The van der Waals surface area contributed by atoms with Crippen LogP contribution in [0.1, 0.15) is 81.1 Å². The summed E-state index contributed by atoms with van der Waals surface area (Å²) in [4.78, 5) is 49.3. The Kier molecular flexibility index (Phi) is 15.4. The van der Waals surface area contributed by atoms with Gasteiger partial charge < -0.3 is 50.1 Å². The van der Waals surface area contributed by atoms with Crippen molar-refractivity contribution in [1.29, 1.82) is 0 Å². The SMILES string of the molecule is Cc1ncsc1-c1ccc([C@H](C)NC(=O)C2C[C@@H](O)CN2C(=O)[C@@H](c2cc(CCCN3CCN(CCOc4cc(N5C6CCC5CN(c5cc(-c7ccccc7O)nnc5N)C6)ccn4)CC3)no2)C(C)C)cc1. The number of nitrogens with zero attached hydrogens (tertiary/aromatic N) is 10. The van der Waals surface area contributed by atoms with E-state index < -0.39 is 18.1 Å². The Morgan fingerprint density at radius 2 is 1.66 bits per heavy atom. The smallest absolute Gasteiger partial charge is 0.243 e. The van der Waals surface area contributed by atoms with Crippen molar-refractivity contribution in [2.24, 2.45) is 5.92 Å². The number of phenolic OH excluding ortho intramolecular Hbond substituents is 1. The predicted octanol–water partition coefficient (Wildman–Crippen LogP) is 6.31. The first-order valence-corrected chi connectivity index (χ1v) is 27.0. The third-order valence-corrected chi connectivity index (χ3v) is 16.3. The summed E-state index contributed by atoms with van der Waals surface area (Å²) in [6.07, 6.45) is 4.97. The number of nitrogens with one attached hydrogen (secondary N) is 1. The predicted molar refractivity (Wildman–Crippen MR) is 285 cm³/mol. The number of nitrogen functional groups attached to an aromatic ring is 1. The lowest BCUT2D eigenvalue weighted by molar-refractivity contribution is -0.141. The lowest BCUT2D eigenvalue weighted by Crippen LogP contribution is -2.54. The number of likely N-dealkylation sites (tertiary alicyclic amines) is 1. The Labute approximate surface area is 436 Å². The summed E-state index contributed by atoms with van der Waals surface area (Å²) in [5, 5.41) is 37.2. The Balaban J connectivity index is 0.655. The van der Waals surface area contributed by atoms with Gasteiger partial charge in [-0.05, 0) is 87.4 Å². The number of phenols is 1. The van der Waals surface area contributed by atoms with Gasteiger partial charge in [-0.25, -0.2) is 9.97 Å². The first-order valence-electron chi connectivity index (χ1n) is 26.1. The van der Waals surface area contributed by atoms with Gasteiger partial charge >= 0.3 is 0 Å². The Bertz CT molecular complexity index is 2870. The molecule has 18 nitrogen and oxygen atoms in total. The number of nitrogens with two attached hydrogens (primary N) is 1. The van der Waals surface area contributed by atoms with E-state index in [1.807, 2.05) is 87.9 Å². The lowest BCUT2D eigenvalue weighted by Gasteiger charge is -2.43. The number of hydrogen-bond acceptors (Lipinski definition) is 17. The second-order valence-corrected chi connectivity index (χ2v) is 21.5. The highest BCUT2D eigenvalue weighted by Crippen LogP contribution is 2.40. The molecule has 0 radical (unpaired) electrons. The van der Waals surface area contributed by atoms with Crippen LogP contribution >= 0.6 is 11.3 Å². The van der Waals surface area contributed by atoms with Crippen molar-refractivity contribution in [2.75, 3.05) is 81.0 Å².